The van der Waals surface area contributed by atoms with Crippen LogP contribution in [0.2, 0.25) is 0 Å². The van der Waals surface area contributed by atoms with E-state index in [9.17, 15) is 18.0 Å². The summed E-state index contributed by atoms with van der Waals surface area (Å²) >= 11 is 0. The summed E-state index contributed by atoms with van der Waals surface area (Å²) in [7, 11) is 3.03. The molecule has 0 aromatic heterocycles. The molecule has 1 amide bonds. The number of benzene rings is 2. The molecule has 26 heavy (non-hydrogen) atoms. The number of halogens is 3. The Kier molecular flexibility index (Phi) is 6.11. The number of alkyl halides is 3. The van der Waals surface area contributed by atoms with Gasteiger partial charge < -0.3 is 19.5 Å². The van der Waals surface area contributed by atoms with Gasteiger partial charge in [0.15, 0.2) is 0 Å². The minimum Gasteiger partial charge on any atom is -0.497 e. The molecule has 0 heterocycles. The van der Waals surface area contributed by atoms with E-state index in [1.165, 1.54) is 32.4 Å². The lowest BCUT2D eigenvalue weighted by atomic mass is 10.1. The fourth-order valence-corrected chi connectivity index (χ4v) is 2.05. The average Bonchev–Trinajstić information content (AvgIpc) is 2.60. The van der Waals surface area contributed by atoms with Crippen LogP contribution in [-0.4, -0.2) is 26.5 Å². The Morgan fingerprint density at radius 1 is 1.00 bits per heavy atom. The molecule has 2 aromatic rings. The molecule has 0 aliphatic rings. The molecular weight excluding hydrogens is 351 g/mol. The zero-order chi connectivity index (χ0) is 19.2. The third-order valence-corrected chi connectivity index (χ3v) is 3.21. The predicted octanol–water partition coefficient (Wildman–Crippen LogP) is 4.25. The van der Waals surface area contributed by atoms with Gasteiger partial charge in [-0.2, -0.15) is 0 Å². The Balaban J connectivity index is 2.01. The predicted molar refractivity (Wildman–Crippen MR) is 90.3 cm³/mol. The molecule has 138 valence electrons. The summed E-state index contributed by atoms with van der Waals surface area (Å²) in [5.74, 6) is 0.327. The number of hydrogen-bond donors (Lipinski definition) is 1. The van der Waals surface area contributed by atoms with Crippen molar-refractivity contribution >= 4 is 17.7 Å². The van der Waals surface area contributed by atoms with Crippen LogP contribution in [-0.2, 0) is 4.79 Å². The lowest BCUT2D eigenvalue weighted by Gasteiger charge is -2.09. The molecule has 0 fully saturated rings. The molecule has 2 rings (SSSR count). The van der Waals surface area contributed by atoms with Gasteiger partial charge in [0, 0.05) is 23.4 Å². The highest BCUT2D eigenvalue weighted by Crippen LogP contribution is 2.26. The third-order valence-electron chi connectivity index (χ3n) is 3.21. The molecule has 0 unspecified atom stereocenters. The van der Waals surface area contributed by atoms with E-state index in [1.807, 2.05) is 0 Å². The fraction of sp³-hybridized carbons (Fsp3) is 0.167. The fourth-order valence-electron chi connectivity index (χ4n) is 2.05. The van der Waals surface area contributed by atoms with E-state index in [2.05, 4.69) is 10.1 Å². The summed E-state index contributed by atoms with van der Waals surface area (Å²) in [6.45, 7) is 0. The SMILES string of the molecule is COc1ccc(C=CC(=O)Nc2ccc(OC(F)(F)F)cc2)c(OC)c1. The van der Waals surface area contributed by atoms with Crippen LogP contribution in [0.4, 0.5) is 18.9 Å². The highest BCUT2D eigenvalue weighted by molar-refractivity contribution is 6.02. The first-order valence-electron chi connectivity index (χ1n) is 7.37. The number of carbonyl (C=O) groups excluding carboxylic acids is 1. The zero-order valence-corrected chi connectivity index (χ0v) is 14.0. The van der Waals surface area contributed by atoms with Crippen LogP contribution in [0.25, 0.3) is 6.08 Å². The Labute approximate surface area is 148 Å². The smallest absolute Gasteiger partial charge is 0.497 e. The topological polar surface area (TPSA) is 56.8 Å². The van der Waals surface area contributed by atoms with Crippen molar-refractivity contribution in [2.75, 3.05) is 19.5 Å². The lowest BCUT2D eigenvalue weighted by Crippen LogP contribution is -2.17. The first kappa shape index (κ1) is 19.2. The normalized spacial score (nSPS) is 11.3. The van der Waals surface area contributed by atoms with Gasteiger partial charge in [0.2, 0.25) is 5.91 Å². The number of ether oxygens (including phenoxy) is 3. The number of hydrogen-bond acceptors (Lipinski definition) is 4. The summed E-state index contributed by atoms with van der Waals surface area (Å²) in [5, 5.41) is 2.53. The minimum absolute atomic E-state index is 0.330. The standard InChI is InChI=1S/C18H16F3NO4/c1-24-15-7-3-12(16(11-15)25-2)4-10-17(23)22-13-5-8-14(9-6-13)26-18(19,20)21/h3-11H,1-2H3,(H,22,23). The number of methoxy groups -OCH3 is 2. The number of nitrogens with one attached hydrogen (secondary N) is 1. The van der Waals surface area contributed by atoms with Crippen LogP contribution in [0, 0.1) is 0 Å². The maximum Gasteiger partial charge on any atom is 0.573 e. The third kappa shape index (κ3) is 5.73. The van der Waals surface area contributed by atoms with E-state index in [4.69, 9.17) is 9.47 Å². The van der Waals surface area contributed by atoms with E-state index < -0.39 is 12.3 Å². The summed E-state index contributed by atoms with van der Waals surface area (Å²) in [4.78, 5) is 11.9. The monoisotopic (exact) mass is 367 g/mol. The molecule has 0 saturated carbocycles. The van der Waals surface area contributed by atoms with Crippen molar-refractivity contribution in [3.63, 3.8) is 0 Å². The van der Waals surface area contributed by atoms with Gasteiger partial charge in [-0.3, -0.25) is 4.79 Å². The van der Waals surface area contributed by atoms with Crippen molar-refractivity contribution in [3.8, 4) is 17.2 Å². The molecule has 5 nitrogen and oxygen atoms in total. The first-order chi connectivity index (χ1) is 12.3. The first-order valence-corrected chi connectivity index (χ1v) is 7.37. The van der Waals surface area contributed by atoms with Crippen molar-refractivity contribution in [3.05, 3.63) is 54.1 Å². The second kappa shape index (κ2) is 8.28. The van der Waals surface area contributed by atoms with Crippen molar-refractivity contribution in [2.24, 2.45) is 0 Å². The highest BCUT2D eigenvalue weighted by atomic mass is 19.4. The Hall–Kier alpha value is -3.16. The Bertz CT molecular complexity index is 786. The molecule has 8 heteroatoms. The molecule has 2 aromatic carbocycles. The van der Waals surface area contributed by atoms with Crippen LogP contribution >= 0.6 is 0 Å². The molecular formula is C18H16F3NO4. The van der Waals surface area contributed by atoms with Crippen LogP contribution in [0.5, 0.6) is 17.2 Å². The van der Waals surface area contributed by atoms with Gasteiger partial charge >= 0.3 is 6.36 Å². The van der Waals surface area contributed by atoms with Crippen molar-refractivity contribution in [1.29, 1.82) is 0 Å². The quantitative estimate of drug-likeness (QED) is 0.776. The zero-order valence-electron chi connectivity index (χ0n) is 14.0. The van der Waals surface area contributed by atoms with Gasteiger partial charge in [-0.05, 0) is 42.5 Å². The van der Waals surface area contributed by atoms with Crippen molar-refractivity contribution in [1.82, 2.24) is 0 Å². The molecule has 0 saturated heterocycles. The average molecular weight is 367 g/mol. The summed E-state index contributed by atoms with van der Waals surface area (Å²) in [6.07, 6.45) is -1.93. The van der Waals surface area contributed by atoms with E-state index in [1.54, 1.807) is 24.3 Å². The molecule has 0 spiro atoms. The molecule has 0 radical (unpaired) electrons. The highest BCUT2D eigenvalue weighted by Gasteiger charge is 2.30. The molecule has 1 N–H and O–H groups in total. The van der Waals surface area contributed by atoms with Gasteiger partial charge in [-0.15, -0.1) is 13.2 Å². The van der Waals surface area contributed by atoms with E-state index >= 15 is 0 Å². The molecule has 0 bridgehead atoms. The summed E-state index contributed by atoms with van der Waals surface area (Å²) in [5.41, 5.74) is 0.994. The maximum absolute atomic E-state index is 12.1. The number of rotatable bonds is 6. The minimum atomic E-state index is -4.76. The lowest BCUT2D eigenvalue weighted by molar-refractivity contribution is -0.274. The summed E-state index contributed by atoms with van der Waals surface area (Å²) < 4.78 is 50.4. The number of carbonyl (C=O) groups is 1. The van der Waals surface area contributed by atoms with E-state index in [-0.39, 0.29) is 5.75 Å². The second-order valence-corrected chi connectivity index (χ2v) is 5.00. The van der Waals surface area contributed by atoms with Crippen LogP contribution in [0.3, 0.4) is 0 Å². The number of anilines is 1. The van der Waals surface area contributed by atoms with Gasteiger partial charge in [-0.25, -0.2) is 0 Å². The van der Waals surface area contributed by atoms with Gasteiger partial charge in [-0.1, -0.05) is 0 Å². The summed E-state index contributed by atoms with van der Waals surface area (Å²) in [6, 6.07) is 9.96. The van der Waals surface area contributed by atoms with Crippen molar-refractivity contribution in [2.45, 2.75) is 6.36 Å². The van der Waals surface area contributed by atoms with Crippen molar-refractivity contribution < 1.29 is 32.2 Å². The van der Waals surface area contributed by atoms with Gasteiger partial charge in [0.25, 0.3) is 0 Å². The van der Waals surface area contributed by atoms with E-state index in [0.29, 0.717) is 22.7 Å². The van der Waals surface area contributed by atoms with Gasteiger partial charge in [0.1, 0.15) is 17.2 Å². The largest absolute Gasteiger partial charge is 0.573 e. The Morgan fingerprint density at radius 2 is 1.65 bits per heavy atom. The number of amides is 1. The van der Waals surface area contributed by atoms with Gasteiger partial charge in [0.05, 0.1) is 14.2 Å². The van der Waals surface area contributed by atoms with E-state index in [0.717, 1.165) is 12.1 Å². The molecule has 0 atom stereocenters. The molecule has 0 aliphatic carbocycles. The van der Waals surface area contributed by atoms with Crippen LogP contribution < -0.4 is 19.5 Å². The van der Waals surface area contributed by atoms with Crippen LogP contribution in [0.1, 0.15) is 5.56 Å². The maximum atomic E-state index is 12.1. The Morgan fingerprint density at radius 3 is 2.23 bits per heavy atom. The second-order valence-electron chi connectivity index (χ2n) is 5.00. The van der Waals surface area contributed by atoms with Crippen LogP contribution in [0.15, 0.2) is 48.5 Å². The molecule has 0 aliphatic heterocycles.